The first-order valence-electron chi connectivity index (χ1n) is 6.69. The van der Waals surface area contributed by atoms with Crippen LogP contribution in [0.1, 0.15) is 18.9 Å². The molecule has 8 heteroatoms. The van der Waals surface area contributed by atoms with Gasteiger partial charge in [-0.3, -0.25) is 4.79 Å². The Balaban J connectivity index is 2.45. The van der Waals surface area contributed by atoms with E-state index in [1.54, 1.807) is 13.0 Å². The number of aliphatic carboxylic acids is 1. The van der Waals surface area contributed by atoms with Crippen LogP contribution in [0, 0.1) is 12.3 Å². The van der Waals surface area contributed by atoms with E-state index in [0.29, 0.717) is 4.47 Å². The maximum absolute atomic E-state index is 12.8. The highest BCUT2D eigenvalue weighted by molar-refractivity contribution is 9.10. The molecule has 1 heterocycles. The van der Waals surface area contributed by atoms with E-state index in [0.717, 1.165) is 5.56 Å². The summed E-state index contributed by atoms with van der Waals surface area (Å²) in [6.07, 6.45) is 0.289. The number of carbonyl (C=O) groups is 1. The number of carboxylic acid groups (broad SMARTS) is 1. The standard InChI is InChI=1S/C14H18BrNO5S/c1-9-6-11(21-3)12(7-10(9)15)22(19,20)16-5-4-14(2,8-16)13(17)18/h6-7H,4-5,8H2,1-3H3,(H,17,18). The monoisotopic (exact) mass is 391 g/mol. The van der Waals surface area contributed by atoms with Gasteiger partial charge in [-0.1, -0.05) is 15.9 Å². The molecule has 0 amide bonds. The third kappa shape index (κ3) is 2.87. The van der Waals surface area contributed by atoms with Crippen LogP contribution in [0.5, 0.6) is 5.75 Å². The number of sulfonamides is 1. The third-order valence-corrected chi connectivity index (χ3v) is 6.74. The molecule has 0 spiro atoms. The molecule has 1 N–H and O–H groups in total. The highest BCUT2D eigenvalue weighted by Gasteiger charge is 2.45. The van der Waals surface area contributed by atoms with Gasteiger partial charge >= 0.3 is 5.97 Å². The molecule has 122 valence electrons. The van der Waals surface area contributed by atoms with Gasteiger partial charge in [0.05, 0.1) is 12.5 Å². The molecule has 0 bridgehead atoms. The first-order valence-corrected chi connectivity index (χ1v) is 8.93. The van der Waals surface area contributed by atoms with Gasteiger partial charge in [-0.25, -0.2) is 8.42 Å². The highest BCUT2D eigenvalue weighted by atomic mass is 79.9. The maximum atomic E-state index is 12.8. The zero-order chi connectivity index (χ0) is 16.7. The van der Waals surface area contributed by atoms with E-state index in [1.807, 2.05) is 6.92 Å². The lowest BCUT2D eigenvalue weighted by Crippen LogP contribution is -2.35. The first kappa shape index (κ1) is 17.2. The number of hydrogen-bond donors (Lipinski definition) is 1. The molecule has 1 aliphatic heterocycles. The molecule has 1 aliphatic rings. The summed E-state index contributed by atoms with van der Waals surface area (Å²) in [7, 11) is -2.40. The smallest absolute Gasteiger partial charge is 0.310 e. The molecule has 1 atom stereocenters. The number of methoxy groups -OCH3 is 1. The molecular formula is C14H18BrNO5S. The van der Waals surface area contributed by atoms with Gasteiger partial charge in [0.2, 0.25) is 10.0 Å². The van der Waals surface area contributed by atoms with Crippen molar-refractivity contribution in [2.45, 2.75) is 25.2 Å². The van der Waals surface area contributed by atoms with Crippen molar-refractivity contribution in [2.24, 2.45) is 5.41 Å². The van der Waals surface area contributed by atoms with Crippen LogP contribution in [0.4, 0.5) is 0 Å². The van der Waals surface area contributed by atoms with Crippen LogP contribution < -0.4 is 4.74 Å². The lowest BCUT2D eigenvalue weighted by molar-refractivity contribution is -0.146. The lowest BCUT2D eigenvalue weighted by atomic mass is 9.90. The highest BCUT2D eigenvalue weighted by Crippen LogP contribution is 2.37. The number of hydrogen-bond acceptors (Lipinski definition) is 4. The van der Waals surface area contributed by atoms with E-state index in [1.165, 1.54) is 17.5 Å². The minimum Gasteiger partial charge on any atom is -0.495 e. The Morgan fingerprint density at radius 3 is 2.59 bits per heavy atom. The van der Waals surface area contributed by atoms with Crippen molar-refractivity contribution < 1.29 is 23.1 Å². The summed E-state index contributed by atoms with van der Waals surface area (Å²) < 4.78 is 32.7. The van der Waals surface area contributed by atoms with Crippen molar-refractivity contribution in [2.75, 3.05) is 20.2 Å². The second kappa shape index (κ2) is 5.82. The van der Waals surface area contributed by atoms with Crippen LogP contribution in [0.15, 0.2) is 21.5 Å². The van der Waals surface area contributed by atoms with Gasteiger partial charge in [-0.2, -0.15) is 4.31 Å². The number of aryl methyl sites for hydroxylation is 1. The molecule has 6 nitrogen and oxygen atoms in total. The van der Waals surface area contributed by atoms with Crippen molar-refractivity contribution in [1.82, 2.24) is 4.31 Å². The van der Waals surface area contributed by atoms with E-state index in [9.17, 15) is 18.3 Å². The van der Waals surface area contributed by atoms with Gasteiger partial charge in [-0.05, 0) is 38.0 Å². The Kier molecular flexibility index (Phi) is 4.56. The van der Waals surface area contributed by atoms with Crippen molar-refractivity contribution in [3.63, 3.8) is 0 Å². The summed E-state index contributed by atoms with van der Waals surface area (Å²) >= 11 is 3.32. The Bertz CT molecular complexity index is 718. The number of ether oxygens (including phenoxy) is 1. The van der Waals surface area contributed by atoms with Gasteiger partial charge in [0.15, 0.2) is 0 Å². The number of nitrogens with zero attached hydrogens (tertiary/aromatic N) is 1. The Morgan fingerprint density at radius 1 is 1.45 bits per heavy atom. The number of benzene rings is 1. The van der Waals surface area contributed by atoms with Crippen LogP contribution in [-0.2, 0) is 14.8 Å². The lowest BCUT2D eigenvalue weighted by Gasteiger charge is -2.21. The molecule has 1 aromatic carbocycles. The SMILES string of the molecule is COc1cc(C)c(Br)cc1S(=O)(=O)N1CCC(C)(C(=O)O)C1. The molecule has 0 aromatic heterocycles. The molecule has 2 rings (SSSR count). The average Bonchev–Trinajstić information content (AvgIpc) is 2.86. The number of carboxylic acids is 1. The van der Waals surface area contributed by atoms with E-state index in [2.05, 4.69) is 15.9 Å². The fourth-order valence-corrected chi connectivity index (χ4v) is 4.66. The van der Waals surface area contributed by atoms with Crippen LogP contribution in [0.25, 0.3) is 0 Å². The zero-order valence-electron chi connectivity index (χ0n) is 12.6. The normalized spacial score (nSPS) is 22.7. The molecular weight excluding hydrogens is 374 g/mol. The molecule has 0 aliphatic carbocycles. The summed E-state index contributed by atoms with van der Waals surface area (Å²) in [5.74, 6) is -0.730. The van der Waals surface area contributed by atoms with Gasteiger partial charge in [-0.15, -0.1) is 0 Å². The number of rotatable bonds is 4. The first-order chi connectivity index (χ1) is 10.1. The predicted octanol–water partition coefficient (Wildman–Crippen LogP) is 2.25. The van der Waals surface area contributed by atoms with E-state index in [4.69, 9.17) is 4.74 Å². The molecule has 1 unspecified atom stereocenters. The number of halogens is 1. The summed E-state index contributed by atoms with van der Waals surface area (Å²) in [6, 6.07) is 3.14. The molecule has 22 heavy (non-hydrogen) atoms. The van der Waals surface area contributed by atoms with Crippen molar-refractivity contribution in [3.8, 4) is 5.75 Å². The summed E-state index contributed by atoms with van der Waals surface area (Å²) in [5.41, 5.74) is -0.199. The van der Waals surface area contributed by atoms with Crippen molar-refractivity contribution in [3.05, 3.63) is 22.2 Å². The predicted molar refractivity (Wildman–Crippen MR) is 84.5 cm³/mol. The fourth-order valence-electron chi connectivity index (χ4n) is 2.44. The Labute approximate surface area is 138 Å². The molecule has 1 fully saturated rings. The minimum absolute atomic E-state index is 0.0423. The largest absolute Gasteiger partial charge is 0.495 e. The Morgan fingerprint density at radius 2 is 2.09 bits per heavy atom. The van der Waals surface area contributed by atoms with Gasteiger partial charge < -0.3 is 9.84 Å². The van der Waals surface area contributed by atoms with E-state index >= 15 is 0 Å². The van der Waals surface area contributed by atoms with E-state index in [-0.39, 0.29) is 30.2 Å². The molecule has 0 radical (unpaired) electrons. The van der Waals surface area contributed by atoms with Crippen LogP contribution in [0.3, 0.4) is 0 Å². The molecule has 1 aromatic rings. The fraction of sp³-hybridized carbons (Fsp3) is 0.500. The molecule has 0 saturated carbocycles. The van der Waals surface area contributed by atoms with Crippen LogP contribution >= 0.6 is 15.9 Å². The molecule has 1 saturated heterocycles. The third-order valence-electron chi connectivity index (χ3n) is 4.02. The average molecular weight is 392 g/mol. The maximum Gasteiger partial charge on any atom is 0.310 e. The summed E-state index contributed by atoms with van der Waals surface area (Å²) in [4.78, 5) is 11.3. The zero-order valence-corrected chi connectivity index (χ0v) is 15.0. The van der Waals surface area contributed by atoms with Crippen molar-refractivity contribution in [1.29, 1.82) is 0 Å². The van der Waals surface area contributed by atoms with Crippen molar-refractivity contribution >= 4 is 31.9 Å². The minimum atomic E-state index is -3.81. The van der Waals surface area contributed by atoms with Gasteiger partial charge in [0.1, 0.15) is 10.6 Å². The summed E-state index contributed by atoms with van der Waals surface area (Å²) in [6.45, 7) is 3.53. The topological polar surface area (TPSA) is 83.9 Å². The van der Waals surface area contributed by atoms with Gasteiger partial charge in [0.25, 0.3) is 0 Å². The van der Waals surface area contributed by atoms with Gasteiger partial charge in [0, 0.05) is 17.6 Å². The summed E-state index contributed by atoms with van der Waals surface area (Å²) in [5, 5.41) is 9.25. The second-order valence-electron chi connectivity index (χ2n) is 5.71. The van der Waals surface area contributed by atoms with E-state index < -0.39 is 21.4 Å². The van der Waals surface area contributed by atoms with Crippen LogP contribution in [0.2, 0.25) is 0 Å². The Hall–Kier alpha value is -1.12. The second-order valence-corrected chi connectivity index (χ2v) is 8.47. The van der Waals surface area contributed by atoms with Crippen LogP contribution in [-0.4, -0.2) is 44.0 Å². The quantitative estimate of drug-likeness (QED) is 0.850.